The number of anilines is 2. The number of hydrogen-bond donors (Lipinski definition) is 1. The van der Waals surface area contributed by atoms with Crippen LogP contribution in [0.5, 0.6) is 0 Å². The Morgan fingerprint density at radius 2 is 1.94 bits per heavy atom. The maximum absolute atomic E-state index is 13.3. The molecule has 1 aliphatic rings. The Bertz CT molecular complexity index is 1180. The van der Waals surface area contributed by atoms with Gasteiger partial charge in [-0.1, -0.05) is 11.6 Å². The fraction of sp³-hybridized carbons (Fsp3) is 0.273. The first-order chi connectivity index (χ1) is 15.3. The van der Waals surface area contributed by atoms with E-state index >= 15 is 0 Å². The van der Waals surface area contributed by atoms with Crippen molar-refractivity contribution in [3.8, 4) is 0 Å². The zero-order chi connectivity index (χ0) is 22.8. The summed E-state index contributed by atoms with van der Waals surface area (Å²) in [6.45, 7) is 4.43. The van der Waals surface area contributed by atoms with E-state index in [9.17, 15) is 19.3 Å². The van der Waals surface area contributed by atoms with E-state index in [1.807, 2.05) is 6.92 Å². The van der Waals surface area contributed by atoms with Crippen molar-refractivity contribution in [1.82, 2.24) is 9.88 Å². The molecule has 1 aromatic heterocycles. The number of benzene rings is 2. The van der Waals surface area contributed by atoms with Crippen LogP contribution in [0, 0.1) is 15.9 Å². The normalized spacial score (nSPS) is 15.5. The summed E-state index contributed by atoms with van der Waals surface area (Å²) < 4.78 is 13.3. The van der Waals surface area contributed by atoms with Crippen molar-refractivity contribution in [2.24, 2.45) is 0 Å². The lowest BCUT2D eigenvalue weighted by molar-refractivity contribution is -0.383. The minimum absolute atomic E-state index is 0.0293. The van der Waals surface area contributed by atoms with Crippen LogP contribution in [-0.2, 0) is 4.79 Å². The molecule has 166 valence electrons. The van der Waals surface area contributed by atoms with E-state index in [4.69, 9.17) is 11.6 Å². The molecule has 0 unspecified atom stereocenters. The monoisotopic (exact) mass is 457 g/mol. The van der Waals surface area contributed by atoms with Gasteiger partial charge in [0.15, 0.2) is 0 Å². The average Bonchev–Trinajstić information content (AvgIpc) is 2.80. The summed E-state index contributed by atoms with van der Waals surface area (Å²) in [4.78, 5) is 31.9. The number of nitrogens with one attached hydrogen (secondary N) is 1. The molecule has 8 nitrogen and oxygen atoms in total. The van der Waals surface area contributed by atoms with E-state index in [1.165, 1.54) is 30.5 Å². The zero-order valence-corrected chi connectivity index (χ0v) is 18.1. The number of nitro groups is 1. The second-order valence-electron chi connectivity index (χ2n) is 7.60. The molecule has 0 aliphatic carbocycles. The van der Waals surface area contributed by atoms with E-state index in [0.29, 0.717) is 37.3 Å². The molecule has 1 aliphatic heterocycles. The lowest BCUT2D eigenvalue weighted by Crippen LogP contribution is -2.52. The molecule has 10 heteroatoms. The van der Waals surface area contributed by atoms with Gasteiger partial charge in [-0.05, 0) is 37.3 Å². The Labute approximate surface area is 188 Å². The van der Waals surface area contributed by atoms with Crippen LogP contribution >= 0.6 is 11.6 Å². The third-order valence-electron chi connectivity index (χ3n) is 5.74. The molecule has 1 saturated heterocycles. The van der Waals surface area contributed by atoms with E-state index in [1.54, 1.807) is 18.3 Å². The third-order valence-corrected chi connectivity index (χ3v) is 6.03. The van der Waals surface area contributed by atoms with Gasteiger partial charge in [0.05, 0.1) is 21.4 Å². The summed E-state index contributed by atoms with van der Waals surface area (Å²) in [5.74, 6) is -0.739. The summed E-state index contributed by atoms with van der Waals surface area (Å²) in [7, 11) is 0. The van der Waals surface area contributed by atoms with Crippen LogP contribution in [-0.4, -0.2) is 52.9 Å². The van der Waals surface area contributed by atoms with Gasteiger partial charge < -0.3 is 10.2 Å². The molecule has 0 spiro atoms. The Balaban J connectivity index is 1.44. The van der Waals surface area contributed by atoms with Crippen LogP contribution in [0.2, 0.25) is 5.02 Å². The molecule has 0 bridgehead atoms. The van der Waals surface area contributed by atoms with Crippen molar-refractivity contribution in [2.75, 3.05) is 36.4 Å². The molecule has 3 aromatic rings. The predicted octanol–water partition coefficient (Wildman–Crippen LogP) is 4.08. The van der Waals surface area contributed by atoms with Crippen molar-refractivity contribution in [3.05, 3.63) is 69.7 Å². The van der Waals surface area contributed by atoms with E-state index < -0.39 is 16.8 Å². The maximum atomic E-state index is 13.3. The molecular formula is C22H21ClFN5O3. The number of hydrogen-bond acceptors (Lipinski definition) is 6. The summed E-state index contributed by atoms with van der Waals surface area (Å²) in [6, 6.07) is 8.74. The first-order valence-electron chi connectivity index (χ1n) is 10.1. The quantitative estimate of drug-likeness (QED) is 0.458. The van der Waals surface area contributed by atoms with Crippen molar-refractivity contribution < 1.29 is 14.1 Å². The number of nitrogens with zero attached hydrogens (tertiary/aromatic N) is 4. The van der Waals surface area contributed by atoms with Crippen molar-refractivity contribution in [3.63, 3.8) is 0 Å². The Morgan fingerprint density at radius 1 is 1.19 bits per heavy atom. The van der Waals surface area contributed by atoms with Gasteiger partial charge in [0, 0.05) is 61.4 Å². The van der Waals surface area contributed by atoms with Gasteiger partial charge in [0.25, 0.3) is 5.69 Å². The van der Waals surface area contributed by atoms with Crippen molar-refractivity contribution >= 4 is 45.3 Å². The summed E-state index contributed by atoms with van der Waals surface area (Å²) in [5.41, 5.74) is 1.38. The maximum Gasteiger partial charge on any atom is 0.278 e. The standard InChI is InChI=1S/C22H21ClFN5O3/c1-14(22(30)26-15-2-3-19(24)18(23)12-15)27-8-10-28(11-9-27)20-4-5-21(29(31)32)17-13-25-7-6-16(17)20/h2-7,12-14H,8-11H2,1H3,(H,26,30)/t14-/m1/s1. The fourth-order valence-corrected chi connectivity index (χ4v) is 4.11. The highest BCUT2D eigenvalue weighted by molar-refractivity contribution is 6.31. The van der Waals surface area contributed by atoms with Gasteiger partial charge >= 0.3 is 0 Å². The van der Waals surface area contributed by atoms with E-state index in [0.717, 1.165) is 11.1 Å². The molecule has 1 N–H and O–H groups in total. The van der Waals surface area contributed by atoms with Gasteiger partial charge in [-0.2, -0.15) is 0 Å². The molecule has 1 amide bonds. The Kier molecular flexibility index (Phi) is 6.20. The summed E-state index contributed by atoms with van der Waals surface area (Å²) >= 11 is 5.78. The van der Waals surface area contributed by atoms with E-state index in [2.05, 4.69) is 20.1 Å². The molecular weight excluding hydrogens is 437 g/mol. The predicted molar refractivity (Wildman–Crippen MR) is 122 cm³/mol. The van der Waals surface area contributed by atoms with Crippen LogP contribution in [0.1, 0.15) is 6.92 Å². The highest BCUT2D eigenvalue weighted by atomic mass is 35.5. The number of amides is 1. The smallest absolute Gasteiger partial charge is 0.278 e. The second-order valence-corrected chi connectivity index (χ2v) is 8.01. The first-order valence-corrected chi connectivity index (χ1v) is 10.5. The van der Waals surface area contributed by atoms with Gasteiger partial charge in [-0.3, -0.25) is 24.8 Å². The van der Waals surface area contributed by atoms with Crippen LogP contribution in [0.4, 0.5) is 21.5 Å². The zero-order valence-electron chi connectivity index (χ0n) is 17.3. The third kappa shape index (κ3) is 4.35. The highest BCUT2D eigenvalue weighted by Gasteiger charge is 2.27. The minimum Gasteiger partial charge on any atom is -0.368 e. The molecule has 0 saturated carbocycles. The lowest BCUT2D eigenvalue weighted by atomic mass is 10.1. The van der Waals surface area contributed by atoms with Crippen LogP contribution in [0.3, 0.4) is 0 Å². The number of pyridine rings is 1. The van der Waals surface area contributed by atoms with E-state index in [-0.39, 0.29) is 16.6 Å². The number of carbonyl (C=O) groups excluding carboxylic acids is 1. The molecule has 32 heavy (non-hydrogen) atoms. The Morgan fingerprint density at radius 3 is 2.62 bits per heavy atom. The van der Waals surface area contributed by atoms with Gasteiger partial charge in [0.2, 0.25) is 5.91 Å². The highest BCUT2D eigenvalue weighted by Crippen LogP contribution is 2.33. The molecule has 0 radical (unpaired) electrons. The number of piperazine rings is 1. The second kappa shape index (κ2) is 9.05. The molecule has 2 heterocycles. The van der Waals surface area contributed by atoms with Gasteiger partial charge in [-0.25, -0.2) is 4.39 Å². The summed E-state index contributed by atoms with van der Waals surface area (Å²) in [6.07, 6.45) is 3.14. The SMILES string of the molecule is C[C@H](C(=O)Nc1ccc(F)c(Cl)c1)N1CCN(c2ccc([N+](=O)[O-])c3cnccc23)CC1. The van der Waals surface area contributed by atoms with Crippen LogP contribution in [0.15, 0.2) is 48.8 Å². The lowest BCUT2D eigenvalue weighted by Gasteiger charge is -2.38. The number of rotatable bonds is 5. The number of aromatic nitrogens is 1. The summed E-state index contributed by atoms with van der Waals surface area (Å²) in [5, 5.41) is 15.4. The molecule has 4 rings (SSSR count). The topological polar surface area (TPSA) is 91.6 Å². The molecule has 2 aromatic carbocycles. The van der Waals surface area contributed by atoms with Crippen LogP contribution < -0.4 is 10.2 Å². The van der Waals surface area contributed by atoms with Crippen molar-refractivity contribution in [1.29, 1.82) is 0 Å². The van der Waals surface area contributed by atoms with Crippen LogP contribution in [0.25, 0.3) is 10.8 Å². The Hall–Kier alpha value is -3.30. The fourth-order valence-electron chi connectivity index (χ4n) is 3.93. The largest absolute Gasteiger partial charge is 0.368 e. The number of carbonyl (C=O) groups is 1. The van der Waals surface area contributed by atoms with Crippen molar-refractivity contribution in [2.45, 2.75) is 13.0 Å². The van der Waals surface area contributed by atoms with Gasteiger partial charge in [-0.15, -0.1) is 0 Å². The molecule has 1 atom stereocenters. The molecule has 1 fully saturated rings. The number of fused-ring (bicyclic) bond motifs is 1. The van der Waals surface area contributed by atoms with Gasteiger partial charge in [0.1, 0.15) is 5.82 Å². The number of non-ortho nitro benzene ring substituents is 1. The number of nitro benzene ring substituents is 1. The first kappa shape index (κ1) is 21.9. The minimum atomic E-state index is -0.539. The number of halogens is 2. The average molecular weight is 458 g/mol.